The van der Waals surface area contributed by atoms with Gasteiger partial charge in [-0.15, -0.1) is 0 Å². The third-order valence-corrected chi connectivity index (χ3v) is 5.44. The number of piperidine rings is 1. The fourth-order valence-electron chi connectivity index (χ4n) is 3.58. The van der Waals surface area contributed by atoms with Crippen LogP contribution in [0.4, 0.5) is 4.39 Å². The molecule has 1 atom stereocenters. The number of rotatable bonds is 7. The quantitative estimate of drug-likeness (QED) is 0.731. The lowest BCUT2D eigenvalue weighted by atomic mass is 9.99. The Kier molecular flexibility index (Phi) is 7.50. The fourth-order valence-corrected chi connectivity index (χ4v) is 3.58. The first kappa shape index (κ1) is 22.6. The van der Waals surface area contributed by atoms with Gasteiger partial charge in [-0.2, -0.15) is 0 Å². The maximum absolute atomic E-state index is 13.1. The Bertz CT molecular complexity index is 875. The number of methoxy groups -OCH3 is 1. The summed E-state index contributed by atoms with van der Waals surface area (Å²) in [7, 11) is 1.57. The highest BCUT2D eigenvalue weighted by atomic mass is 19.1. The van der Waals surface area contributed by atoms with E-state index in [1.807, 2.05) is 13.8 Å². The number of amides is 2. The molecule has 1 aliphatic rings. The van der Waals surface area contributed by atoms with E-state index in [0.717, 1.165) is 0 Å². The zero-order valence-corrected chi connectivity index (χ0v) is 18.1. The van der Waals surface area contributed by atoms with Gasteiger partial charge in [-0.3, -0.25) is 9.59 Å². The van der Waals surface area contributed by atoms with Crippen molar-refractivity contribution in [2.75, 3.05) is 20.2 Å². The van der Waals surface area contributed by atoms with Crippen LogP contribution >= 0.6 is 0 Å². The van der Waals surface area contributed by atoms with E-state index in [1.54, 1.807) is 48.4 Å². The Morgan fingerprint density at radius 3 is 2.13 bits per heavy atom. The lowest BCUT2D eigenvalue weighted by molar-refractivity contribution is -0.136. The number of carbonyl (C=O) groups excluding carboxylic acids is 2. The molecule has 0 aromatic heterocycles. The average molecular weight is 429 g/mol. The smallest absolute Gasteiger partial charge is 0.251 e. The van der Waals surface area contributed by atoms with Gasteiger partial charge in [0, 0.05) is 31.5 Å². The number of likely N-dealkylation sites (tertiary alicyclic amines) is 1. The van der Waals surface area contributed by atoms with Crippen LogP contribution in [0, 0.1) is 11.7 Å². The van der Waals surface area contributed by atoms with Gasteiger partial charge in [0.15, 0.2) is 0 Å². The first-order valence-electron chi connectivity index (χ1n) is 10.5. The number of ether oxygens (including phenoxy) is 2. The van der Waals surface area contributed by atoms with Crippen molar-refractivity contribution in [3.05, 3.63) is 59.9 Å². The Balaban J connectivity index is 1.56. The van der Waals surface area contributed by atoms with Gasteiger partial charge >= 0.3 is 0 Å². The summed E-state index contributed by atoms with van der Waals surface area (Å²) in [6.07, 6.45) is 1.33. The Morgan fingerprint density at radius 2 is 1.58 bits per heavy atom. The SMILES string of the molecule is COc1ccc(C(=O)NC(C(=O)N2CCC(Oc3ccc(F)cc3)CC2)C(C)C)cc1. The molecule has 3 rings (SSSR count). The van der Waals surface area contributed by atoms with Gasteiger partial charge in [0.05, 0.1) is 7.11 Å². The third kappa shape index (κ3) is 5.96. The highest BCUT2D eigenvalue weighted by Crippen LogP contribution is 2.21. The minimum absolute atomic E-state index is 0.0269. The molecule has 1 unspecified atom stereocenters. The summed E-state index contributed by atoms with van der Waals surface area (Å²) >= 11 is 0. The average Bonchev–Trinajstić information content (AvgIpc) is 2.78. The molecule has 1 N–H and O–H groups in total. The van der Waals surface area contributed by atoms with Crippen LogP contribution in [0.25, 0.3) is 0 Å². The maximum Gasteiger partial charge on any atom is 0.251 e. The molecule has 7 heteroatoms. The van der Waals surface area contributed by atoms with Crippen LogP contribution in [0.2, 0.25) is 0 Å². The van der Waals surface area contributed by atoms with Crippen LogP contribution < -0.4 is 14.8 Å². The maximum atomic E-state index is 13.1. The van der Waals surface area contributed by atoms with E-state index in [1.165, 1.54) is 12.1 Å². The second-order valence-electron chi connectivity index (χ2n) is 8.02. The van der Waals surface area contributed by atoms with Gasteiger partial charge in [0.1, 0.15) is 29.5 Å². The second-order valence-corrected chi connectivity index (χ2v) is 8.02. The summed E-state index contributed by atoms with van der Waals surface area (Å²) in [5, 5.41) is 2.89. The summed E-state index contributed by atoms with van der Waals surface area (Å²) in [5.74, 6) is 0.560. The summed E-state index contributed by atoms with van der Waals surface area (Å²) in [5.41, 5.74) is 0.477. The molecule has 0 bridgehead atoms. The van der Waals surface area contributed by atoms with Crippen LogP contribution in [0.3, 0.4) is 0 Å². The summed E-state index contributed by atoms with van der Waals surface area (Å²) in [6.45, 7) is 4.93. The normalized spacial score (nSPS) is 15.5. The number of halogens is 1. The van der Waals surface area contributed by atoms with Crippen LogP contribution in [-0.4, -0.2) is 49.1 Å². The van der Waals surface area contributed by atoms with E-state index >= 15 is 0 Å². The van der Waals surface area contributed by atoms with Crippen molar-refractivity contribution in [2.45, 2.75) is 38.8 Å². The molecule has 6 nitrogen and oxygen atoms in total. The van der Waals surface area contributed by atoms with E-state index in [-0.39, 0.29) is 29.7 Å². The van der Waals surface area contributed by atoms with Gasteiger partial charge in [0.25, 0.3) is 5.91 Å². The van der Waals surface area contributed by atoms with Crippen molar-refractivity contribution >= 4 is 11.8 Å². The first-order valence-corrected chi connectivity index (χ1v) is 10.5. The lowest BCUT2D eigenvalue weighted by Crippen LogP contribution is -2.53. The van der Waals surface area contributed by atoms with Gasteiger partial charge < -0.3 is 19.7 Å². The minimum Gasteiger partial charge on any atom is -0.497 e. The molecule has 1 aliphatic heterocycles. The summed E-state index contributed by atoms with van der Waals surface area (Å²) < 4.78 is 24.1. The first-order chi connectivity index (χ1) is 14.9. The van der Waals surface area contributed by atoms with Crippen molar-refractivity contribution in [1.29, 1.82) is 0 Å². The molecule has 0 aliphatic carbocycles. The van der Waals surface area contributed by atoms with Crippen LogP contribution in [0.5, 0.6) is 11.5 Å². The predicted molar refractivity (Wildman–Crippen MR) is 116 cm³/mol. The van der Waals surface area contributed by atoms with Crippen LogP contribution in [0.15, 0.2) is 48.5 Å². The second kappa shape index (κ2) is 10.3. The number of nitrogens with one attached hydrogen (secondary N) is 1. The molecule has 2 aromatic rings. The van der Waals surface area contributed by atoms with Crippen molar-refractivity contribution < 1.29 is 23.5 Å². The Labute approximate surface area is 182 Å². The molecule has 1 saturated heterocycles. The molecule has 0 spiro atoms. The van der Waals surface area contributed by atoms with Crippen molar-refractivity contribution in [3.8, 4) is 11.5 Å². The van der Waals surface area contributed by atoms with Gasteiger partial charge in [0.2, 0.25) is 5.91 Å². The van der Waals surface area contributed by atoms with Crippen LogP contribution in [-0.2, 0) is 4.79 Å². The van der Waals surface area contributed by atoms with Gasteiger partial charge in [-0.05, 0) is 54.4 Å². The van der Waals surface area contributed by atoms with E-state index in [4.69, 9.17) is 9.47 Å². The number of nitrogens with zero attached hydrogens (tertiary/aromatic N) is 1. The number of hydrogen-bond acceptors (Lipinski definition) is 4. The van der Waals surface area contributed by atoms with E-state index < -0.39 is 6.04 Å². The molecule has 1 heterocycles. The zero-order chi connectivity index (χ0) is 22.4. The van der Waals surface area contributed by atoms with Crippen molar-refractivity contribution in [1.82, 2.24) is 10.2 Å². The van der Waals surface area contributed by atoms with Gasteiger partial charge in [-0.25, -0.2) is 4.39 Å². The van der Waals surface area contributed by atoms with E-state index in [0.29, 0.717) is 43.0 Å². The topological polar surface area (TPSA) is 67.9 Å². The largest absolute Gasteiger partial charge is 0.497 e. The Morgan fingerprint density at radius 1 is 1.00 bits per heavy atom. The molecule has 2 aromatic carbocycles. The zero-order valence-electron chi connectivity index (χ0n) is 18.1. The predicted octanol–water partition coefficient (Wildman–Crippen LogP) is 3.66. The number of carbonyl (C=O) groups is 2. The molecule has 31 heavy (non-hydrogen) atoms. The third-order valence-electron chi connectivity index (χ3n) is 5.44. The molecule has 166 valence electrons. The molecular weight excluding hydrogens is 399 g/mol. The van der Waals surface area contributed by atoms with Crippen molar-refractivity contribution in [3.63, 3.8) is 0 Å². The highest BCUT2D eigenvalue weighted by Gasteiger charge is 2.32. The van der Waals surface area contributed by atoms with E-state index in [9.17, 15) is 14.0 Å². The lowest BCUT2D eigenvalue weighted by Gasteiger charge is -2.35. The monoisotopic (exact) mass is 428 g/mol. The highest BCUT2D eigenvalue weighted by molar-refractivity contribution is 5.97. The number of benzene rings is 2. The minimum atomic E-state index is -0.607. The standard InChI is InChI=1S/C24H29FN2O4/c1-16(2)22(26-23(28)17-4-8-19(30-3)9-5-17)24(29)27-14-12-21(13-15-27)31-20-10-6-18(25)7-11-20/h4-11,16,21-22H,12-15H2,1-3H3,(H,26,28). The molecule has 1 fully saturated rings. The number of hydrogen-bond donors (Lipinski definition) is 1. The summed E-state index contributed by atoms with van der Waals surface area (Å²) in [4.78, 5) is 27.6. The molecule has 0 saturated carbocycles. The molecular formula is C24H29FN2O4. The Hall–Kier alpha value is -3.09. The van der Waals surface area contributed by atoms with Gasteiger partial charge in [-0.1, -0.05) is 13.8 Å². The fraction of sp³-hybridized carbons (Fsp3) is 0.417. The molecule has 2 amide bonds. The summed E-state index contributed by atoms with van der Waals surface area (Å²) in [6, 6.07) is 12.1. The molecule has 0 radical (unpaired) electrons. The van der Waals surface area contributed by atoms with Crippen LogP contribution in [0.1, 0.15) is 37.0 Å². The van der Waals surface area contributed by atoms with E-state index in [2.05, 4.69) is 5.32 Å². The van der Waals surface area contributed by atoms with Crippen molar-refractivity contribution in [2.24, 2.45) is 5.92 Å².